The monoisotopic (exact) mass is 478 g/mol. The van der Waals surface area contributed by atoms with E-state index < -0.39 is 29.1 Å². The van der Waals surface area contributed by atoms with Gasteiger partial charge in [-0.15, -0.1) is 0 Å². The van der Waals surface area contributed by atoms with Gasteiger partial charge in [0, 0.05) is 5.69 Å². The molecule has 3 rings (SSSR count). The largest absolute Gasteiger partial charge is 0.454 e. The number of carbonyl (C=O) groups excluding carboxylic acids is 2. The second-order valence-electron chi connectivity index (χ2n) is 7.05. The maximum absolute atomic E-state index is 13.7. The lowest BCUT2D eigenvalue weighted by atomic mass is 10.1. The molecule has 0 aromatic heterocycles. The Morgan fingerprint density at radius 3 is 2.25 bits per heavy atom. The lowest BCUT2D eigenvalue weighted by Crippen LogP contribution is -2.35. The Balaban J connectivity index is 1.80. The molecule has 9 heteroatoms. The van der Waals surface area contributed by atoms with E-state index in [9.17, 15) is 18.4 Å². The molecule has 0 fully saturated rings. The normalized spacial score (nSPS) is 10.6. The molecule has 0 radical (unpaired) electrons. The average molecular weight is 479 g/mol. The number of halogens is 4. The van der Waals surface area contributed by atoms with Gasteiger partial charge in [0.1, 0.15) is 28.7 Å². The van der Waals surface area contributed by atoms with Gasteiger partial charge in [0.2, 0.25) is 0 Å². The maximum atomic E-state index is 13.7. The third-order valence-electron chi connectivity index (χ3n) is 4.62. The number of amides is 3. The van der Waals surface area contributed by atoms with Crippen molar-refractivity contribution in [1.82, 2.24) is 5.32 Å². The van der Waals surface area contributed by atoms with Gasteiger partial charge >= 0.3 is 6.03 Å². The van der Waals surface area contributed by atoms with Crippen molar-refractivity contribution < 1.29 is 23.1 Å². The number of hydrogen-bond acceptors (Lipinski definition) is 3. The number of rotatable bonds is 4. The standard InChI is InChI=1S/C23H18Cl2F2N2O3/c1-11-7-8-18(14(24)9-11)32-21-12(2)10-17(13(3)20(21)25)28-23(31)29-22(30)19-15(26)5-4-6-16(19)27/h4-10H,1-3H3,(H2,28,29,30,31). The van der Waals surface area contributed by atoms with E-state index in [1.807, 2.05) is 18.3 Å². The van der Waals surface area contributed by atoms with Crippen LogP contribution in [0.15, 0.2) is 42.5 Å². The SMILES string of the molecule is Cc1ccc(Oc2c(C)cc(NC(=O)NC(=O)c3c(F)cccc3F)c(C)c2Cl)c(Cl)c1. The lowest BCUT2D eigenvalue weighted by molar-refractivity contribution is 0.0959. The molecule has 5 nitrogen and oxygen atoms in total. The summed E-state index contributed by atoms with van der Waals surface area (Å²) in [6.07, 6.45) is 0. The smallest absolute Gasteiger partial charge is 0.326 e. The van der Waals surface area contributed by atoms with E-state index in [2.05, 4.69) is 5.32 Å². The Labute approximate surface area is 193 Å². The summed E-state index contributed by atoms with van der Waals surface area (Å²) in [7, 11) is 0. The van der Waals surface area contributed by atoms with E-state index in [1.54, 1.807) is 32.0 Å². The van der Waals surface area contributed by atoms with Gasteiger partial charge in [0.25, 0.3) is 5.91 Å². The fourth-order valence-corrected chi connectivity index (χ4v) is 3.50. The Morgan fingerprint density at radius 1 is 0.969 bits per heavy atom. The van der Waals surface area contributed by atoms with Gasteiger partial charge in [-0.3, -0.25) is 10.1 Å². The Morgan fingerprint density at radius 2 is 1.62 bits per heavy atom. The number of hydrogen-bond donors (Lipinski definition) is 2. The molecule has 3 aromatic carbocycles. The molecule has 0 aliphatic heterocycles. The summed E-state index contributed by atoms with van der Waals surface area (Å²) in [5.74, 6) is -2.61. The second kappa shape index (κ2) is 9.54. The summed E-state index contributed by atoms with van der Waals surface area (Å²) in [5.41, 5.74) is 1.44. The summed E-state index contributed by atoms with van der Waals surface area (Å²) in [6.45, 7) is 5.25. The molecule has 0 bridgehead atoms. The summed E-state index contributed by atoms with van der Waals surface area (Å²) < 4.78 is 33.4. The van der Waals surface area contributed by atoms with Crippen LogP contribution in [0, 0.1) is 32.4 Å². The highest BCUT2D eigenvalue weighted by molar-refractivity contribution is 6.34. The first-order valence-electron chi connectivity index (χ1n) is 9.38. The van der Waals surface area contributed by atoms with E-state index in [4.69, 9.17) is 27.9 Å². The predicted molar refractivity (Wildman–Crippen MR) is 120 cm³/mol. The predicted octanol–water partition coefficient (Wildman–Crippen LogP) is 6.95. The van der Waals surface area contributed by atoms with Crippen LogP contribution in [-0.2, 0) is 0 Å². The zero-order valence-electron chi connectivity index (χ0n) is 17.3. The van der Waals surface area contributed by atoms with E-state index in [-0.39, 0.29) is 10.7 Å². The quantitative estimate of drug-likeness (QED) is 0.426. The van der Waals surface area contributed by atoms with Crippen molar-refractivity contribution in [1.29, 1.82) is 0 Å². The fourth-order valence-electron chi connectivity index (χ4n) is 2.94. The van der Waals surface area contributed by atoms with Crippen LogP contribution in [0.1, 0.15) is 27.0 Å². The summed E-state index contributed by atoms with van der Waals surface area (Å²) in [5, 5.41) is 5.00. The number of imide groups is 1. The zero-order chi connectivity index (χ0) is 23.6. The number of anilines is 1. The molecule has 0 atom stereocenters. The van der Waals surface area contributed by atoms with E-state index in [1.165, 1.54) is 0 Å². The Hall–Kier alpha value is -3.16. The van der Waals surface area contributed by atoms with Gasteiger partial charge in [0.15, 0.2) is 0 Å². The molecule has 0 spiro atoms. The molecule has 0 aliphatic carbocycles. The van der Waals surface area contributed by atoms with Crippen LogP contribution in [0.25, 0.3) is 0 Å². The van der Waals surface area contributed by atoms with Gasteiger partial charge in [-0.2, -0.15) is 0 Å². The van der Waals surface area contributed by atoms with Crippen LogP contribution in [0.4, 0.5) is 19.3 Å². The van der Waals surface area contributed by atoms with Gasteiger partial charge in [-0.25, -0.2) is 13.6 Å². The van der Waals surface area contributed by atoms with Crippen molar-refractivity contribution in [2.45, 2.75) is 20.8 Å². The number of carbonyl (C=O) groups is 2. The average Bonchev–Trinajstić information content (AvgIpc) is 2.70. The fraction of sp³-hybridized carbons (Fsp3) is 0.130. The molecular weight excluding hydrogens is 461 g/mol. The minimum Gasteiger partial charge on any atom is -0.454 e. The first-order chi connectivity index (χ1) is 15.1. The summed E-state index contributed by atoms with van der Waals surface area (Å²) in [6, 6.07) is 8.87. The van der Waals surface area contributed by atoms with Gasteiger partial charge < -0.3 is 10.1 Å². The van der Waals surface area contributed by atoms with Crippen molar-refractivity contribution in [2.24, 2.45) is 0 Å². The van der Waals surface area contributed by atoms with Crippen molar-refractivity contribution in [3.8, 4) is 11.5 Å². The number of aryl methyl sites for hydroxylation is 2. The van der Waals surface area contributed by atoms with Gasteiger partial charge in [0.05, 0.1) is 10.0 Å². The topological polar surface area (TPSA) is 67.4 Å². The highest BCUT2D eigenvalue weighted by atomic mass is 35.5. The molecular formula is C23H18Cl2F2N2O3. The van der Waals surface area contributed by atoms with Crippen LogP contribution in [0.2, 0.25) is 10.0 Å². The minimum absolute atomic E-state index is 0.225. The third-order valence-corrected chi connectivity index (χ3v) is 5.37. The van der Waals surface area contributed by atoms with Crippen LogP contribution in [0.5, 0.6) is 11.5 Å². The second-order valence-corrected chi connectivity index (χ2v) is 7.84. The highest BCUT2D eigenvalue weighted by Crippen LogP contribution is 2.40. The zero-order valence-corrected chi connectivity index (χ0v) is 18.8. The molecule has 166 valence electrons. The molecule has 0 saturated heterocycles. The molecule has 3 aromatic rings. The van der Waals surface area contributed by atoms with Crippen molar-refractivity contribution in [3.05, 3.63) is 86.4 Å². The van der Waals surface area contributed by atoms with E-state index in [0.717, 1.165) is 23.8 Å². The molecule has 0 aliphatic rings. The van der Waals surface area contributed by atoms with Crippen LogP contribution >= 0.6 is 23.2 Å². The van der Waals surface area contributed by atoms with Crippen LogP contribution in [0.3, 0.4) is 0 Å². The summed E-state index contributed by atoms with van der Waals surface area (Å²) in [4.78, 5) is 24.4. The van der Waals surface area contributed by atoms with Crippen LogP contribution in [-0.4, -0.2) is 11.9 Å². The van der Waals surface area contributed by atoms with Crippen molar-refractivity contribution in [3.63, 3.8) is 0 Å². The minimum atomic E-state index is -1.22. The lowest BCUT2D eigenvalue weighted by Gasteiger charge is -2.17. The number of ether oxygens (including phenoxy) is 1. The Bertz CT molecular complexity index is 1210. The first-order valence-corrected chi connectivity index (χ1v) is 10.1. The van der Waals surface area contributed by atoms with Gasteiger partial charge in [-0.1, -0.05) is 35.3 Å². The van der Waals surface area contributed by atoms with Gasteiger partial charge in [-0.05, 0) is 67.8 Å². The maximum Gasteiger partial charge on any atom is 0.326 e. The molecule has 0 heterocycles. The molecule has 0 unspecified atom stereocenters. The number of urea groups is 1. The summed E-state index contributed by atoms with van der Waals surface area (Å²) >= 11 is 12.7. The molecule has 2 N–H and O–H groups in total. The first kappa shape index (κ1) is 23.5. The Kier molecular flexibility index (Phi) is 7.01. The van der Waals surface area contributed by atoms with Crippen LogP contribution < -0.4 is 15.4 Å². The van der Waals surface area contributed by atoms with Crippen molar-refractivity contribution >= 4 is 40.8 Å². The highest BCUT2D eigenvalue weighted by Gasteiger charge is 2.21. The number of benzene rings is 3. The van der Waals surface area contributed by atoms with E-state index >= 15 is 0 Å². The molecule has 0 saturated carbocycles. The number of nitrogens with one attached hydrogen (secondary N) is 2. The third kappa shape index (κ3) is 5.00. The molecule has 32 heavy (non-hydrogen) atoms. The van der Waals surface area contributed by atoms with Crippen molar-refractivity contribution in [2.75, 3.05) is 5.32 Å². The van der Waals surface area contributed by atoms with E-state index in [0.29, 0.717) is 27.6 Å². The molecule has 3 amide bonds.